The third-order valence-electron chi connectivity index (χ3n) is 2.62. The molecule has 15 heavy (non-hydrogen) atoms. The van der Waals surface area contributed by atoms with Crippen molar-refractivity contribution in [3.63, 3.8) is 0 Å². The summed E-state index contributed by atoms with van der Waals surface area (Å²) < 4.78 is 0. The summed E-state index contributed by atoms with van der Waals surface area (Å²) in [5, 5.41) is 3.42. The minimum Gasteiger partial charge on any atom is -0.305 e. The van der Waals surface area contributed by atoms with Crippen molar-refractivity contribution >= 4 is 17.5 Å². The van der Waals surface area contributed by atoms with Gasteiger partial charge in [-0.15, -0.1) is 0 Å². The van der Waals surface area contributed by atoms with Crippen molar-refractivity contribution in [3.8, 4) is 0 Å². The summed E-state index contributed by atoms with van der Waals surface area (Å²) in [6.45, 7) is 8.24. The molecule has 0 heterocycles. The fourth-order valence-electron chi connectivity index (χ4n) is 1.41. The number of rotatable bonds is 8. The van der Waals surface area contributed by atoms with Crippen molar-refractivity contribution < 1.29 is 4.79 Å². The summed E-state index contributed by atoms with van der Waals surface area (Å²) in [6, 6.07) is 0.479. The number of nitrogens with one attached hydrogen (secondary N) is 1. The number of carbonyl (C=O) groups is 1. The van der Waals surface area contributed by atoms with Crippen LogP contribution >= 0.6 is 11.8 Å². The molecular formula is C12H25NOS. The molecule has 0 saturated heterocycles. The Balaban J connectivity index is 4.23. The number of thioether (sulfide) groups is 1. The molecule has 0 bridgehead atoms. The van der Waals surface area contributed by atoms with Gasteiger partial charge in [0.1, 0.15) is 0 Å². The summed E-state index contributed by atoms with van der Waals surface area (Å²) >= 11 is 1.80. The Morgan fingerprint density at radius 2 is 1.93 bits per heavy atom. The van der Waals surface area contributed by atoms with Gasteiger partial charge < -0.3 is 5.32 Å². The van der Waals surface area contributed by atoms with Crippen molar-refractivity contribution in [2.24, 2.45) is 5.92 Å². The van der Waals surface area contributed by atoms with Crippen LogP contribution in [0.3, 0.4) is 0 Å². The number of hydrogen-bond donors (Lipinski definition) is 1. The molecule has 0 saturated carbocycles. The average Bonchev–Trinajstić information content (AvgIpc) is 2.22. The molecule has 2 atom stereocenters. The molecule has 0 spiro atoms. The number of Topliss-reactive ketones (excluding diaryl/α,β-unsaturated/α-hetero) is 1. The minimum absolute atomic E-state index is 0.0485. The van der Waals surface area contributed by atoms with E-state index in [1.165, 1.54) is 0 Å². The number of ketones is 1. The smallest absolute Gasteiger partial charge is 0.152 e. The van der Waals surface area contributed by atoms with Gasteiger partial charge in [-0.05, 0) is 31.8 Å². The van der Waals surface area contributed by atoms with E-state index in [0.717, 1.165) is 18.6 Å². The van der Waals surface area contributed by atoms with Crippen LogP contribution in [-0.2, 0) is 4.79 Å². The Kier molecular flexibility index (Phi) is 8.16. The number of carbonyl (C=O) groups excluding carboxylic acids is 1. The summed E-state index contributed by atoms with van der Waals surface area (Å²) in [6.07, 6.45) is 4.10. The quantitative estimate of drug-likeness (QED) is 0.696. The summed E-state index contributed by atoms with van der Waals surface area (Å²) in [7, 11) is 0. The molecule has 1 N–H and O–H groups in total. The summed E-state index contributed by atoms with van der Waals surface area (Å²) in [4.78, 5) is 11.9. The molecule has 2 unspecified atom stereocenters. The lowest BCUT2D eigenvalue weighted by atomic mass is 9.99. The van der Waals surface area contributed by atoms with E-state index in [4.69, 9.17) is 0 Å². The molecule has 0 aliphatic heterocycles. The first kappa shape index (κ1) is 15.0. The van der Waals surface area contributed by atoms with Crippen molar-refractivity contribution in [3.05, 3.63) is 0 Å². The summed E-state index contributed by atoms with van der Waals surface area (Å²) in [5.74, 6) is 1.53. The highest BCUT2D eigenvalue weighted by molar-refractivity contribution is 7.98. The first-order valence-electron chi connectivity index (χ1n) is 5.81. The molecule has 0 amide bonds. The van der Waals surface area contributed by atoms with Crippen molar-refractivity contribution in [1.29, 1.82) is 0 Å². The molecule has 0 rings (SSSR count). The van der Waals surface area contributed by atoms with Crippen molar-refractivity contribution in [1.82, 2.24) is 5.32 Å². The zero-order valence-corrected chi connectivity index (χ0v) is 11.5. The van der Waals surface area contributed by atoms with Crippen LogP contribution in [0.1, 0.15) is 40.5 Å². The average molecular weight is 231 g/mol. The van der Waals surface area contributed by atoms with E-state index in [1.807, 2.05) is 13.8 Å². The Morgan fingerprint density at radius 3 is 2.33 bits per heavy atom. The Hall–Kier alpha value is -0.0200. The monoisotopic (exact) mass is 231 g/mol. The Bertz CT molecular complexity index is 182. The fraction of sp³-hybridized carbons (Fsp3) is 0.917. The maximum Gasteiger partial charge on any atom is 0.152 e. The van der Waals surface area contributed by atoms with Crippen LogP contribution in [0.25, 0.3) is 0 Å². The standard InChI is InChI=1S/C12H25NOS/c1-6-10(4)13-11(7-8-15-5)12(14)9(2)3/h9-11,13H,6-8H2,1-5H3. The van der Waals surface area contributed by atoms with Gasteiger partial charge in [-0.25, -0.2) is 0 Å². The van der Waals surface area contributed by atoms with Gasteiger partial charge in [0.05, 0.1) is 6.04 Å². The summed E-state index contributed by atoms with van der Waals surface area (Å²) in [5.41, 5.74) is 0. The first-order chi connectivity index (χ1) is 7.02. The molecule has 0 aliphatic carbocycles. The lowest BCUT2D eigenvalue weighted by Gasteiger charge is -2.22. The SMILES string of the molecule is CCC(C)NC(CCSC)C(=O)C(C)C. The van der Waals surface area contributed by atoms with E-state index in [-0.39, 0.29) is 12.0 Å². The Labute approximate surface area is 98.6 Å². The second kappa shape index (κ2) is 8.17. The second-order valence-electron chi connectivity index (χ2n) is 4.37. The molecule has 0 radical (unpaired) electrons. The van der Waals surface area contributed by atoms with Crippen LogP contribution in [0.4, 0.5) is 0 Å². The third kappa shape index (κ3) is 6.21. The van der Waals surface area contributed by atoms with E-state index in [0.29, 0.717) is 11.8 Å². The van der Waals surface area contributed by atoms with Crippen molar-refractivity contribution in [2.45, 2.75) is 52.6 Å². The molecular weight excluding hydrogens is 206 g/mol. The van der Waals surface area contributed by atoms with E-state index in [9.17, 15) is 4.79 Å². The normalized spacial score (nSPS) is 15.3. The van der Waals surface area contributed by atoms with Crippen LogP contribution in [0, 0.1) is 5.92 Å². The van der Waals surface area contributed by atoms with E-state index in [2.05, 4.69) is 25.4 Å². The molecule has 90 valence electrons. The third-order valence-corrected chi connectivity index (χ3v) is 3.27. The van der Waals surface area contributed by atoms with Crippen LogP contribution in [0.5, 0.6) is 0 Å². The van der Waals surface area contributed by atoms with Gasteiger partial charge in [-0.2, -0.15) is 11.8 Å². The van der Waals surface area contributed by atoms with Crippen LogP contribution in [-0.4, -0.2) is 29.9 Å². The molecule has 2 nitrogen and oxygen atoms in total. The molecule has 0 fully saturated rings. The highest BCUT2D eigenvalue weighted by atomic mass is 32.2. The van der Waals surface area contributed by atoms with Gasteiger partial charge in [0.25, 0.3) is 0 Å². The molecule has 0 aromatic carbocycles. The maximum absolute atomic E-state index is 11.9. The molecule has 0 aromatic heterocycles. The molecule has 0 aliphatic rings. The lowest BCUT2D eigenvalue weighted by molar-refractivity contribution is -0.124. The van der Waals surface area contributed by atoms with Gasteiger partial charge in [-0.3, -0.25) is 4.79 Å². The molecule has 0 aromatic rings. The highest BCUT2D eigenvalue weighted by Crippen LogP contribution is 2.08. The van der Waals surface area contributed by atoms with Crippen molar-refractivity contribution in [2.75, 3.05) is 12.0 Å². The van der Waals surface area contributed by atoms with E-state index >= 15 is 0 Å². The van der Waals surface area contributed by atoms with E-state index < -0.39 is 0 Å². The molecule has 3 heteroatoms. The van der Waals surface area contributed by atoms with Gasteiger partial charge in [0.15, 0.2) is 5.78 Å². The zero-order valence-electron chi connectivity index (χ0n) is 10.7. The fourth-order valence-corrected chi connectivity index (χ4v) is 1.88. The topological polar surface area (TPSA) is 29.1 Å². The predicted octanol–water partition coefficient (Wildman–Crippen LogP) is 2.72. The first-order valence-corrected chi connectivity index (χ1v) is 7.21. The lowest BCUT2D eigenvalue weighted by Crippen LogP contribution is -2.44. The highest BCUT2D eigenvalue weighted by Gasteiger charge is 2.21. The van der Waals surface area contributed by atoms with Gasteiger partial charge in [0.2, 0.25) is 0 Å². The van der Waals surface area contributed by atoms with Gasteiger partial charge in [-0.1, -0.05) is 20.8 Å². The van der Waals surface area contributed by atoms with Gasteiger partial charge in [0, 0.05) is 12.0 Å². The van der Waals surface area contributed by atoms with Gasteiger partial charge >= 0.3 is 0 Å². The maximum atomic E-state index is 11.9. The van der Waals surface area contributed by atoms with Crippen LogP contribution < -0.4 is 5.32 Å². The van der Waals surface area contributed by atoms with E-state index in [1.54, 1.807) is 11.8 Å². The second-order valence-corrected chi connectivity index (χ2v) is 5.35. The van der Waals surface area contributed by atoms with Crippen LogP contribution in [0.2, 0.25) is 0 Å². The minimum atomic E-state index is 0.0485. The predicted molar refractivity (Wildman–Crippen MR) is 69.5 cm³/mol. The zero-order chi connectivity index (χ0) is 11.8. The van der Waals surface area contributed by atoms with Crippen LogP contribution in [0.15, 0.2) is 0 Å². The largest absolute Gasteiger partial charge is 0.305 e. The Morgan fingerprint density at radius 1 is 1.33 bits per heavy atom. The number of hydrogen-bond acceptors (Lipinski definition) is 3.